The van der Waals surface area contributed by atoms with Gasteiger partial charge in [-0.3, -0.25) is 4.79 Å². The van der Waals surface area contributed by atoms with Gasteiger partial charge in [-0.05, 0) is 36.2 Å². The molecule has 2 aromatic carbocycles. The fourth-order valence-corrected chi connectivity index (χ4v) is 2.60. The van der Waals surface area contributed by atoms with Crippen LogP contribution in [0.4, 0.5) is 4.39 Å². The molecule has 27 heavy (non-hydrogen) atoms. The third-order valence-electron chi connectivity index (χ3n) is 3.94. The van der Waals surface area contributed by atoms with E-state index in [0.29, 0.717) is 17.7 Å². The Labute approximate surface area is 155 Å². The van der Waals surface area contributed by atoms with Crippen molar-refractivity contribution >= 4 is 11.9 Å². The van der Waals surface area contributed by atoms with E-state index in [4.69, 9.17) is 19.3 Å². The lowest BCUT2D eigenvalue weighted by atomic mass is 10.1. The molecule has 0 unspecified atom stereocenters. The summed E-state index contributed by atoms with van der Waals surface area (Å²) in [6.07, 6.45) is 0.364. The second-order valence-electron chi connectivity index (χ2n) is 5.50. The Kier molecular flexibility index (Phi) is 6.59. The van der Waals surface area contributed by atoms with Gasteiger partial charge in [-0.15, -0.1) is 0 Å². The lowest BCUT2D eigenvalue weighted by Crippen LogP contribution is -2.27. The number of halogens is 1. The normalized spacial score (nSPS) is 10.2. The van der Waals surface area contributed by atoms with Crippen LogP contribution in [-0.2, 0) is 6.42 Å². The minimum atomic E-state index is -1.06. The molecule has 0 aromatic heterocycles. The molecular weight excluding hydrogens is 357 g/mol. The van der Waals surface area contributed by atoms with Crippen molar-refractivity contribution in [3.63, 3.8) is 0 Å². The highest BCUT2D eigenvalue weighted by molar-refractivity contribution is 5.98. The maximum atomic E-state index is 14.1. The number of aromatic carboxylic acids is 1. The summed E-state index contributed by atoms with van der Waals surface area (Å²) in [5.74, 6) is -1.78. The fraction of sp³-hybridized carbons (Fsp3) is 0.263. The number of carboxylic acid groups (broad SMARTS) is 1. The first-order valence-electron chi connectivity index (χ1n) is 8.01. The van der Waals surface area contributed by atoms with Crippen molar-refractivity contribution in [2.45, 2.75) is 6.42 Å². The van der Waals surface area contributed by atoms with Crippen molar-refractivity contribution in [2.75, 3.05) is 27.9 Å². The van der Waals surface area contributed by atoms with Crippen molar-refractivity contribution < 1.29 is 33.3 Å². The lowest BCUT2D eigenvalue weighted by molar-refractivity contribution is 0.0696. The Morgan fingerprint density at radius 3 is 2.33 bits per heavy atom. The topological polar surface area (TPSA) is 94.1 Å². The van der Waals surface area contributed by atoms with E-state index in [1.807, 2.05) is 0 Å². The van der Waals surface area contributed by atoms with E-state index in [1.165, 1.54) is 39.5 Å². The predicted molar refractivity (Wildman–Crippen MR) is 95.5 cm³/mol. The van der Waals surface area contributed by atoms with Gasteiger partial charge in [0.2, 0.25) is 0 Å². The molecule has 0 aliphatic rings. The number of rotatable bonds is 8. The van der Waals surface area contributed by atoms with Gasteiger partial charge in [-0.1, -0.05) is 6.07 Å². The third kappa shape index (κ3) is 4.46. The number of amides is 1. The maximum Gasteiger partial charge on any atom is 0.335 e. The molecular formula is C19H20FNO6. The molecule has 0 aliphatic carbocycles. The van der Waals surface area contributed by atoms with Gasteiger partial charge in [0.1, 0.15) is 17.1 Å². The van der Waals surface area contributed by atoms with Crippen molar-refractivity contribution in [3.05, 3.63) is 52.8 Å². The van der Waals surface area contributed by atoms with Crippen LogP contribution in [0.15, 0.2) is 30.3 Å². The van der Waals surface area contributed by atoms with E-state index in [0.717, 1.165) is 6.07 Å². The summed E-state index contributed by atoms with van der Waals surface area (Å²) < 4.78 is 29.5. The van der Waals surface area contributed by atoms with Gasteiger partial charge in [0, 0.05) is 6.54 Å². The number of ether oxygens (including phenoxy) is 3. The molecule has 2 N–H and O–H groups in total. The van der Waals surface area contributed by atoms with Crippen LogP contribution in [0.5, 0.6) is 17.2 Å². The standard InChI is InChI=1S/C19H20FNO6/c1-25-14-7-6-13(20)16(17(14)27-3)18(22)21-9-8-11-4-5-12(19(23)24)10-15(11)26-2/h4-7,10H,8-9H2,1-3H3,(H,21,22)(H,23,24). The fourth-order valence-electron chi connectivity index (χ4n) is 2.60. The summed E-state index contributed by atoms with van der Waals surface area (Å²) in [6, 6.07) is 6.97. The molecule has 0 fully saturated rings. The molecule has 0 saturated carbocycles. The monoisotopic (exact) mass is 377 g/mol. The SMILES string of the molecule is COc1cc(C(=O)O)ccc1CCNC(=O)c1c(F)ccc(OC)c1OC. The van der Waals surface area contributed by atoms with Crippen LogP contribution in [-0.4, -0.2) is 44.9 Å². The maximum absolute atomic E-state index is 14.1. The molecule has 0 aliphatic heterocycles. The number of hydrogen-bond acceptors (Lipinski definition) is 5. The number of benzene rings is 2. The Hall–Kier alpha value is -3.29. The Morgan fingerprint density at radius 1 is 1.04 bits per heavy atom. The predicted octanol–water partition coefficient (Wildman–Crippen LogP) is 2.52. The number of carboxylic acids is 1. The van der Waals surface area contributed by atoms with Gasteiger partial charge in [0.05, 0.1) is 26.9 Å². The van der Waals surface area contributed by atoms with Gasteiger partial charge in [0.25, 0.3) is 5.91 Å². The smallest absolute Gasteiger partial charge is 0.335 e. The number of nitrogens with one attached hydrogen (secondary N) is 1. The van der Waals surface area contributed by atoms with Crippen molar-refractivity contribution in [2.24, 2.45) is 0 Å². The summed E-state index contributed by atoms with van der Waals surface area (Å²) in [5.41, 5.74) is 0.564. The third-order valence-corrected chi connectivity index (χ3v) is 3.94. The Balaban J connectivity index is 2.12. The van der Waals surface area contributed by atoms with Crippen LogP contribution in [0, 0.1) is 5.82 Å². The van der Waals surface area contributed by atoms with Crippen LogP contribution in [0.25, 0.3) is 0 Å². The van der Waals surface area contributed by atoms with E-state index < -0.39 is 17.7 Å². The summed E-state index contributed by atoms with van der Waals surface area (Å²) in [6.45, 7) is 0.182. The van der Waals surface area contributed by atoms with Crippen molar-refractivity contribution in [3.8, 4) is 17.2 Å². The molecule has 8 heteroatoms. The first-order chi connectivity index (χ1) is 12.9. The van der Waals surface area contributed by atoms with E-state index >= 15 is 0 Å². The molecule has 0 spiro atoms. The average Bonchev–Trinajstić information content (AvgIpc) is 2.67. The Morgan fingerprint density at radius 2 is 1.74 bits per heavy atom. The second-order valence-corrected chi connectivity index (χ2v) is 5.50. The van der Waals surface area contributed by atoms with Crippen LogP contribution in [0.2, 0.25) is 0 Å². The minimum Gasteiger partial charge on any atom is -0.496 e. The molecule has 7 nitrogen and oxygen atoms in total. The molecule has 2 rings (SSSR count). The zero-order valence-electron chi connectivity index (χ0n) is 15.2. The largest absolute Gasteiger partial charge is 0.496 e. The molecule has 0 atom stereocenters. The molecule has 144 valence electrons. The van der Waals surface area contributed by atoms with E-state index in [1.54, 1.807) is 6.07 Å². The van der Waals surface area contributed by atoms with Crippen molar-refractivity contribution in [1.29, 1.82) is 0 Å². The minimum absolute atomic E-state index is 0.0124. The van der Waals surface area contributed by atoms with Crippen molar-refractivity contribution in [1.82, 2.24) is 5.32 Å². The number of carbonyl (C=O) groups excluding carboxylic acids is 1. The second kappa shape index (κ2) is 8.88. The molecule has 0 bridgehead atoms. The lowest BCUT2D eigenvalue weighted by Gasteiger charge is -2.14. The summed E-state index contributed by atoms with van der Waals surface area (Å²) in [4.78, 5) is 23.4. The van der Waals surface area contributed by atoms with Crippen LogP contribution in [0.3, 0.4) is 0 Å². The quantitative estimate of drug-likeness (QED) is 0.734. The Bertz CT molecular complexity index is 852. The number of carbonyl (C=O) groups is 2. The van der Waals surface area contributed by atoms with E-state index in [-0.39, 0.29) is 29.2 Å². The highest BCUT2D eigenvalue weighted by atomic mass is 19.1. The summed E-state index contributed by atoms with van der Waals surface area (Å²) in [5, 5.41) is 11.6. The zero-order chi connectivity index (χ0) is 20.0. The summed E-state index contributed by atoms with van der Waals surface area (Å²) >= 11 is 0. The van der Waals surface area contributed by atoms with Crippen LogP contribution < -0.4 is 19.5 Å². The molecule has 0 heterocycles. The first-order valence-corrected chi connectivity index (χ1v) is 8.01. The molecule has 0 saturated heterocycles. The first kappa shape index (κ1) is 20.0. The van der Waals surface area contributed by atoms with Crippen LogP contribution in [0.1, 0.15) is 26.3 Å². The van der Waals surface area contributed by atoms with Gasteiger partial charge < -0.3 is 24.6 Å². The molecule has 1 amide bonds. The highest BCUT2D eigenvalue weighted by Crippen LogP contribution is 2.32. The number of hydrogen-bond donors (Lipinski definition) is 2. The number of methoxy groups -OCH3 is 3. The van der Waals surface area contributed by atoms with Gasteiger partial charge >= 0.3 is 5.97 Å². The molecule has 0 radical (unpaired) electrons. The summed E-state index contributed by atoms with van der Waals surface area (Å²) in [7, 11) is 4.15. The molecule has 2 aromatic rings. The average molecular weight is 377 g/mol. The van der Waals surface area contributed by atoms with Gasteiger partial charge in [-0.25, -0.2) is 9.18 Å². The zero-order valence-corrected chi connectivity index (χ0v) is 15.2. The van der Waals surface area contributed by atoms with Crippen LogP contribution >= 0.6 is 0 Å². The van der Waals surface area contributed by atoms with E-state index in [9.17, 15) is 14.0 Å². The van der Waals surface area contributed by atoms with Gasteiger partial charge in [0.15, 0.2) is 11.5 Å². The van der Waals surface area contributed by atoms with E-state index in [2.05, 4.69) is 5.32 Å². The highest BCUT2D eigenvalue weighted by Gasteiger charge is 2.21. The van der Waals surface area contributed by atoms with Gasteiger partial charge in [-0.2, -0.15) is 0 Å².